The minimum Gasteiger partial charge on any atom is -0.481 e. The van der Waals surface area contributed by atoms with Gasteiger partial charge in [0.25, 0.3) is 0 Å². The van der Waals surface area contributed by atoms with Crippen molar-refractivity contribution in [3.05, 3.63) is 29.4 Å². The van der Waals surface area contributed by atoms with Gasteiger partial charge in [-0.1, -0.05) is 17.7 Å². The SMILES string of the molecule is CC(C)(CNS(=O)(=O)c1ccc2c(Cl)cnc(N=C(N)N)c2c1)C(=O)O.Cl. The third-order valence-corrected chi connectivity index (χ3v) is 5.32. The Bertz CT molecular complexity index is 1000. The zero-order valence-electron chi connectivity index (χ0n) is 14.4. The van der Waals surface area contributed by atoms with Crippen LogP contribution in [0.15, 0.2) is 34.3 Å². The van der Waals surface area contributed by atoms with Gasteiger partial charge in [0.15, 0.2) is 11.8 Å². The van der Waals surface area contributed by atoms with Crippen molar-refractivity contribution < 1.29 is 18.3 Å². The molecule has 0 aliphatic heterocycles. The molecule has 0 saturated carbocycles. The Kier molecular flexibility index (Phi) is 7.00. The second-order valence-electron chi connectivity index (χ2n) is 6.19. The van der Waals surface area contributed by atoms with Crippen molar-refractivity contribution in [3.63, 3.8) is 0 Å². The summed E-state index contributed by atoms with van der Waals surface area (Å²) in [5, 5.41) is 10.3. The molecule has 0 aliphatic rings. The Morgan fingerprint density at radius 3 is 2.52 bits per heavy atom. The Morgan fingerprint density at radius 1 is 1.33 bits per heavy atom. The quantitative estimate of drug-likeness (QED) is 0.395. The van der Waals surface area contributed by atoms with Gasteiger partial charge in [0.2, 0.25) is 10.0 Å². The van der Waals surface area contributed by atoms with Crippen LogP contribution in [0.4, 0.5) is 5.82 Å². The van der Waals surface area contributed by atoms with Gasteiger partial charge in [-0.15, -0.1) is 12.4 Å². The van der Waals surface area contributed by atoms with Crippen LogP contribution in [-0.4, -0.2) is 37.0 Å². The molecule has 0 radical (unpaired) electrons. The molecule has 2 rings (SSSR count). The van der Waals surface area contributed by atoms with E-state index in [4.69, 9.17) is 28.2 Å². The van der Waals surface area contributed by atoms with Gasteiger partial charge >= 0.3 is 5.97 Å². The van der Waals surface area contributed by atoms with E-state index in [0.717, 1.165) is 0 Å². The molecule has 6 N–H and O–H groups in total. The van der Waals surface area contributed by atoms with E-state index in [-0.39, 0.29) is 35.6 Å². The normalized spacial score (nSPS) is 11.7. The van der Waals surface area contributed by atoms with Crippen molar-refractivity contribution in [1.29, 1.82) is 0 Å². The van der Waals surface area contributed by atoms with E-state index in [2.05, 4.69) is 14.7 Å². The third-order valence-electron chi connectivity index (χ3n) is 3.62. The molecule has 1 aromatic heterocycles. The minimum absolute atomic E-state index is 0. The molecule has 0 fully saturated rings. The first-order chi connectivity index (χ1) is 11.9. The van der Waals surface area contributed by atoms with Crippen molar-refractivity contribution in [2.45, 2.75) is 18.7 Å². The molecule has 0 amide bonds. The van der Waals surface area contributed by atoms with Gasteiger partial charge in [0.1, 0.15) is 0 Å². The molecule has 0 spiro atoms. The summed E-state index contributed by atoms with van der Waals surface area (Å²) in [6.45, 7) is 2.55. The maximum Gasteiger partial charge on any atom is 0.310 e. The number of carboxylic acids is 1. The number of halogens is 2. The van der Waals surface area contributed by atoms with E-state index in [0.29, 0.717) is 15.8 Å². The molecule has 148 valence electrons. The molecule has 0 unspecified atom stereocenters. The fourth-order valence-electron chi connectivity index (χ4n) is 1.99. The molecule has 0 atom stereocenters. The zero-order chi connectivity index (χ0) is 19.7. The van der Waals surface area contributed by atoms with Gasteiger partial charge in [-0.3, -0.25) is 4.79 Å². The number of aliphatic imine (C=N–C) groups is 1. The number of aliphatic carboxylic acids is 1. The van der Waals surface area contributed by atoms with Gasteiger partial charge in [-0.25, -0.2) is 18.1 Å². The van der Waals surface area contributed by atoms with Crippen molar-refractivity contribution in [2.24, 2.45) is 21.9 Å². The summed E-state index contributed by atoms with van der Waals surface area (Å²) in [5.41, 5.74) is 9.47. The highest BCUT2D eigenvalue weighted by Gasteiger charge is 2.29. The lowest BCUT2D eigenvalue weighted by Crippen LogP contribution is -2.38. The minimum atomic E-state index is -3.97. The van der Waals surface area contributed by atoms with Gasteiger partial charge in [0.05, 0.1) is 15.3 Å². The second-order valence-corrected chi connectivity index (χ2v) is 8.36. The number of fused-ring (bicyclic) bond motifs is 1. The van der Waals surface area contributed by atoms with E-state index >= 15 is 0 Å². The number of hydrogen-bond acceptors (Lipinski definition) is 5. The predicted octanol–water partition coefficient (Wildman–Crippen LogP) is 1.60. The molecule has 2 aromatic rings. The summed E-state index contributed by atoms with van der Waals surface area (Å²) in [7, 11) is -3.97. The number of benzene rings is 1. The monoisotopic (exact) mass is 435 g/mol. The third kappa shape index (κ3) is 5.19. The smallest absolute Gasteiger partial charge is 0.310 e. The number of carbonyl (C=O) groups is 1. The van der Waals surface area contributed by atoms with Crippen LogP contribution in [0.25, 0.3) is 10.8 Å². The zero-order valence-corrected chi connectivity index (χ0v) is 16.8. The first kappa shape index (κ1) is 22.9. The number of carboxylic acid groups (broad SMARTS) is 1. The maximum absolute atomic E-state index is 12.5. The van der Waals surface area contributed by atoms with E-state index in [1.54, 1.807) is 0 Å². The van der Waals surface area contributed by atoms with Crippen LogP contribution in [0.2, 0.25) is 5.02 Å². The number of aromatic nitrogens is 1. The summed E-state index contributed by atoms with van der Waals surface area (Å²) >= 11 is 6.08. The van der Waals surface area contributed by atoms with Gasteiger partial charge in [-0.2, -0.15) is 4.99 Å². The highest BCUT2D eigenvalue weighted by molar-refractivity contribution is 7.89. The lowest BCUT2D eigenvalue weighted by atomic mass is 9.95. The molecular formula is C15H19Cl2N5O4S. The van der Waals surface area contributed by atoms with E-state index in [1.807, 2.05) is 0 Å². The molecular weight excluding hydrogens is 417 g/mol. The van der Waals surface area contributed by atoms with E-state index in [1.165, 1.54) is 38.2 Å². The lowest BCUT2D eigenvalue weighted by molar-refractivity contribution is -0.146. The van der Waals surface area contributed by atoms with Gasteiger partial charge < -0.3 is 16.6 Å². The second kappa shape index (κ2) is 8.26. The van der Waals surface area contributed by atoms with Crippen LogP contribution in [-0.2, 0) is 14.8 Å². The molecule has 1 aromatic carbocycles. The van der Waals surface area contributed by atoms with Gasteiger partial charge in [0, 0.05) is 23.5 Å². The molecule has 9 nitrogen and oxygen atoms in total. The summed E-state index contributed by atoms with van der Waals surface area (Å²) in [4.78, 5) is 18.9. The summed E-state index contributed by atoms with van der Waals surface area (Å²) in [6.07, 6.45) is 1.35. The Balaban J connectivity index is 0.00000364. The van der Waals surface area contributed by atoms with Crippen molar-refractivity contribution >= 4 is 62.6 Å². The number of guanidine groups is 1. The largest absolute Gasteiger partial charge is 0.481 e. The first-order valence-electron chi connectivity index (χ1n) is 7.35. The average molecular weight is 436 g/mol. The molecule has 0 bridgehead atoms. The van der Waals surface area contributed by atoms with Crippen molar-refractivity contribution in [1.82, 2.24) is 9.71 Å². The van der Waals surface area contributed by atoms with E-state index in [9.17, 15) is 13.2 Å². The van der Waals surface area contributed by atoms with Crippen LogP contribution < -0.4 is 16.2 Å². The summed E-state index contributed by atoms with van der Waals surface area (Å²) in [6, 6.07) is 4.18. The highest BCUT2D eigenvalue weighted by Crippen LogP contribution is 2.31. The first-order valence-corrected chi connectivity index (χ1v) is 9.21. The molecule has 27 heavy (non-hydrogen) atoms. The van der Waals surface area contributed by atoms with Crippen LogP contribution in [0.5, 0.6) is 0 Å². The predicted molar refractivity (Wildman–Crippen MR) is 106 cm³/mol. The van der Waals surface area contributed by atoms with E-state index < -0.39 is 21.4 Å². The van der Waals surface area contributed by atoms with Crippen LogP contribution in [0.3, 0.4) is 0 Å². The van der Waals surface area contributed by atoms with Crippen LogP contribution in [0, 0.1) is 5.41 Å². The lowest BCUT2D eigenvalue weighted by Gasteiger charge is -2.19. The van der Waals surface area contributed by atoms with Gasteiger partial charge in [-0.05, 0) is 26.0 Å². The number of nitrogens with two attached hydrogens (primary N) is 2. The van der Waals surface area contributed by atoms with Crippen molar-refractivity contribution in [2.75, 3.05) is 6.54 Å². The molecule has 12 heteroatoms. The molecule has 0 aliphatic carbocycles. The number of pyridine rings is 1. The average Bonchev–Trinajstić information content (AvgIpc) is 2.55. The van der Waals surface area contributed by atoms with Crippen molar-refractivity contribution in [3.8, 4) is 0 Å². The summed E-state index contributed by atoms with van der Waals surface area (Å²) in [5.74, 6) is -1.24. The highest BCUT2D eigenvalue weighted by atomic mass is 35.5. The fraction of sp³-hybridized carbons (Fsp3) is 0.267. The number of nitrogens with one attached hydrogen (secondary N) is 1. The number of hydrogen-bond donors (Lipinski definition) is 4. The topological polar surface area (TPSA) is 161 Å². The van der Waals surface area contributed by atoms with Crippen LogP contribution >= 0.6 is 24.0 Å². The Morgan fingerprint density at radius 2 is 1.96 bits per heavy atom. The summed E-state index contributed by atoms with van der Waals surface area (Å²) < 4.78 is 27.3. The Labute approximate surface area is 167 Å². The number of rotatable bonds is 6. The molecule has 1 heterocycles. The number of nitrogens with zero attached hydrogens (tertiary/aromatic N) is 2. The van der Waals surface area contributed by atoms with Crippen LogP contribution in [0.1, 0.15) is 13.8 Å². The Hall–Kier alpha value is -2.14. The maximum atomic E-state index is 12.5. The fourth-order valence-corrected chi connectivity index (χ4v) is 3.44. The standard InChI is InChI=1S/C15H18ClN5O4S.ClH/c1-15(2,13(22)23)7-20-26(24,25)8-3-4-9-10(5-8)12(21-14(17)18)19-6-11(9)16;/h3-6,20H,7H2,1-2H3,(H,22,23)(H4,17,18,19,21);1H. The number of sulfonamides is 1. The molecule has 0 saturated heterocycles.